The van der Waals surface area contributed by atoms with Gasteiger partial charge in [0.2, 0.25) is 0 Å². The number of carboxylic acid groups (broad SMARTS) is 1. The van der Waals surface area contributed by atoms with Gasteiger partial charge < -0.3 is 5.11 Å². The summed E-state index contributed by atoms with van der Waals surface area (Å²) in [6.07, 6.45) is 6.04. The maximum absolute atomic E-state index is 11.7. The molecule has 0 atom stereocenters. The van der Waals surface area contributed by atoms with Crippen LogP contribution in [0, 0.1) is 5.41 Å². The van der Waals surface area contributed by atoms with Gasteiger partial charge in [-0.05, 0) is 19.9 Å². The van der Waals surface area contributed by atoms with Gasteiger partial charge in [0.25, 0.3) is 0 Å². The Bertz CT molecular complexity index is 398. The summed E-state index contributed by atoms with van der Waals surface area (Å²) < 4.78 is 0. The fraction of sp³-hybridized carbons (Fsp3) is 0.714. The Balaban J connectivity index is 2.01. The highest BCUT2D eigenvalue weighted by atomic mass is 32.1. The maximum atomic E-state index is 11.7. The molecule has 1 saturated carbocycles. The minimum atomic E-state index is -0.625. The van der Waals surface area contributed by atoms with Gasteiger partial charge in [-0.25, -0.2) is 4.98 Å². The van der Waals surface area contributed by atoms with Crippen LogP contribution in [0.1, 0.15) is 44.2 Å². The van der Waals surface area contributed by atoms with Gasteiger partial charge in [0, 0.05) is 18.5 Å². The quantitative estimate of drug-likeness (QED) is 0.844. The molecular weight excluding hydrogens is 260 g/mol. The van der Waals surface area contributed by atoms with Crippen LogP contribution in [0.25, 0.3) is 0 Å². The van der Waals surface area contributed by atoms with Gasteiger partial charge in [-0.3, -0.25) is 9.69 Å². The van der Waals surface area contributed by atoms with Crippen LogP contribution in [0.5, 0.6) is 0 Å². The molecule has 0 bridgehead atoms. The predicted octanol–water partition coefficient (Wildman–Crippen LogP) is 3.00. The van der Waals surface area contributed by atoms with Crippen molar-refractivity contribution in [3.63, 3.8) is 0 Å². The highest BCUT2D eigenvalue weighted by Gasteiger charge is 2.39. The van der Waals surface area contributed by atoms with Crippen LogP contribution in [-0.4, -0.2) is 34.6 Å². The SMILES string of the molecule is CN(Cc1cscn1)CC1(C(=O)O)CCCCCC1. The standard InChI is InChI=1S/C14H22N2O2S/c1-16(8-12-9-19-11-15-12)10-14(13(17)18)6-4-2-3-5-7-14/h9,11H,2-8,10H2,1H3,(H,17,18). The molecule has 1 aliphatic rings. The summed E-state index contributed by atoms with van der Waals surface area (Å²) in [5.74, 6) is -0.625. The van der Waals surface area contributed by atoms with E-state index in [1.54, 1.807) is 11.3 Å². The lowest BCUT2D eigenvalue weighted by atomic mass is 9.80. The minimum Gasteiger partial charge on any atom is -0.481 e. The monoisotopic (exact) mass is 282 g/mol. The number of thiazole rings is 1. The molecule has 1 aromatic heterocycles. The fourth-order valence-electron chi connectivity index (χ4n) is 3.01. The molecule has 1 aromatic rings. The zero-order valence-corrected chi connectivity index (χ0v) is 12.3. The molecule has 1 aliphatic carbocycles. The van der Waals surface area contributed by atoms with Crippen LogP contribution in [-0.2, 0) is 11.3 Å². The molecule has 1 fully saturated rings. The van der Waals surface area contributed by atoms with Crippen molar-refractivity contribution in [3.8, 4) is 0 Å². The van der Waals surface area contributed by atoms with Gasteiger partial charge in [0.15, 0.2) is 0 Å². The molecule has 19 heavy (non-hydrogen) atoms. The number of aliphatic carboxylic acids is 1. The molecule has 4 nitrogen and oxygen atoms in total. The first-order valence-corrected chi connectivity index (χ1v) is 7.86. The van der Waals surface area contributed by atoms with Gasteiger partial charge in [-0.1, -0.05) is 25.7 Å². The summed E-state index contributed by atoms with van der Waals surface area (Å²) in [6.45, 7) is 1.36. The molecule has 0 aliphatic heterocycles. The summed E-state index contributed by atoms with van der Waals surface area (Å²) in [7, 11) is 1.99. The van der Waals surface area contributed by atoms with Crippen molar-refractivity contribution in [2.45, 2.75) is 45.1 Å². The van der Waals surface area contributed by atoms with Gasteiger partial charge in [-0.15, -0.1) is 11.3 Å². The van der Waals surface area contributed by atoms with E-state index in [-0.39, 0.29) is 0 Å². The van der Waals surface area contributed by atoms with Crippen molar-refractivity contribution in [2.75, 3.05) is 13.6 Å². The fourth-order valence-corrected chi connectivity index (χ4v) is 3.56. The Morgan fingerprint density at radius 3 is 2.63 bits per heavy atom. The Labute approximate surface area is 118 Å². The molecule has 0 unspecified atom stereocenters. The zero-order chi connectivity index (χ0) is 13.7. The van der Waals surface area contributed by atoms with E-state index in [0.29, 0.717) is 6.54 Å². The first kappa shape index (κ1) is 14.5. The van der Waals surface area contributed by atoms with Crippen LogP contribution in [0.3, 0.4) is 0 Å². The Hall–Kier alpha value is -0.940. The van der Waals surface area contributed by atoms with Crippen LogP contribution >= 0.6 is 11.3 Å². The number of aromatic nitrogens is 1. The van der Waals surface area contributed by atoms with Crippen molar-refractivity contribution < 1.29 is 9.90 Å². The summed E-state index contributed by atoms with van der Waals surface area (Å²) in [5, 5.41) is 11.7. The molecule has 5 heteroatoms. The third-order valence-electron chi connectivity index (χ3n) is 4.00. The third kappa shape index (κ3) is 3.76. The van der Waals surface area contributed by atoms with Crippen LogP contribution in [0.4, 0.5) is 0 Å². The van der Waals surface area contributed by atoms with E-state index in [4.69, 9.17) is 0 Å². The Morgan fingerprint density at radius 2 is 2.11 bits per heavy atom. The van der Waals surface area contributed by atoms with Crippen molar-refractivity contribution in [1.29, 1.82) is 0 Å². The van der Waals surface area contributed by atoms with Crippen molar-refractivity contribution in [1.82, 2.24) is 9.88 Å². The molecular formula is C14H22N2O2S. The van der Waals surface area contributed by atoms with Crippen LogP contribution in [0.2, 0.25) is 0 Å². The molecule has 2 rings (SSSR count). The van der Waals surface area contributed by atoms with Crippen LogP contribution < -0.4 is 0 Å². The average Bonchev–Trinajstić information content (AvgIpc) is 2.73. The molecule has 1 N–H and O–H groups in total. The summed E-state index contributed by atoms with van der Waals surface area (Å²) in [4.78, 5) is 18.1. The highest BCUT2D eigenvalue weighted by Crippen LogP contribution is 2.36. The van der Waals surface area contributed by atoms with E-state index < -0.39 is 11.4 Å². The second-order valence-corrected chi connectivity index (χ2v) is 6.37. The molecule has 106 valence electrons. The largest absolute Gasteiger partial charge is 0.481 e. The lowest BCUT2D eigenvalue weighted by Crippen LogP contribution is -2.41. The summed E-state index contributed by atoms with van der Waals surface area (Å²) >= 11 is 1.58. The molecule has 0 radical (unpaired) electrons. The van der Waals surface area contributed by atoms with Gasteiger partial charge in [0.05, 0.1) is 16.6 Å². The zero-order valence-electron chi connectivity index (χ0n) is 11.5. The summed E-state index contributed by atoms with van der Waals surface area (Å²) in [6, 6.07) is 0. The first-order valence-electron chi connectivity index (χ1n) is 6.91. The second kappa shape index (κ2) is 6.48. The second-order valence-electron chi connectivity index (χ2n) is 5.65. The van der Waals surface area contributed by atoms with E-state index in [2.05, 4.69) is 9.88 Å². The van der Waals surface area contributed by atoms with Gasteiger partial charge in [-0.2, -0.15) is 0 Å². The Kier molecular flexibility index (Phi) is 4.93. The van der Waals surface area contributed by atoms with Crippen LogP contribution in [0.15, 0.2) is 10.9 Å². The number of nitrogens with zero attached hydrogens (tertiary/aromatic N) is 2. The highest BCUT2D eigenvalue weighted by molar-refractivity contribution is 7.07. The summed E-state index contributed by atoms with van der Waals surface area (Å²) in [5.41, 5.74) is 2.30. The number of carbonyl (C=O) groups is 1. The predicted molar refractivity (Wildman–Crippen MR) is 76.2 cm³/mol. The van der Waals surface area contributed by atoms with Gasteiger partial charge in [0.1, 0.15) is 0 Å². The topological polar surface area (TPSA) is 53.4 Å². The molecule has 1 heterocycles. The Morgan fingerprint density at radius 1 is 1.42 bits per heavy atom. The van der Waals surface area contributed by atoms with E-state index in [1.807, 2.05) is 17.9 Å². The van der Waals surface area contributed by atoms with Crippen molar-refractivity contribution >= 4 is 17.3 Å². The van der Waals surface area contributed by atoms with Crippen molar-refractivity contribution in [2.24, 2.45) is 5.41 Å². The number of hydrogen-bond acceptors (Lipinski definition) is 4. The number of hydrogen-bond donors (Lipinski definition) is 1. The minimum absolute atomic E-state index is 0.554. The maximum Gasteiger partial charge on any atom is 0.310 e. The molecule has 0 spiro atoms. The normalized spacial score (nSPS) is 19.3. The van der Waals surface area contributed by atoms with E-state index >= 15 is 0 Å². The smallest absolute Gasteiger partial charge is 0.310 e. The average molecular weight is 282 g/mol. The number of carboxylic acids is 1. The van der Waals surface area contributed by atoms with Gasteiger partial charge >= 0.3 is 5.97 Å². The van der Waals surface area contributed by atoms with E-state index in [9.17, 15) is 9.90 Å². The van der Waals surface area contributed by atoms with E-state index in [0.717, 1.165) is 37.9 Å². The van der Waals surface area contributed by atoms with E-state index in [1.165, 1.54) is 12.8 Å². The third-order valence-corrected chi connectivity index (χ3v) is 4.64. The lowest BCUT2D eigenvalue weighted by molar-refractivity contribution is -0.151. The molecule has 0 aromatic carbocycles. The van der Waals surface area contributed by atoms with Crippen molar-refractivity contribution in [3.05, 3.63) is 16.6 Å². The molecule has 0 amide bonds. The lowest BCUT2D eigenvalue weighted by Gasteiger charge is -2.32. The first-order chi connectivity index (χ1) is 9.12. The number of rotatable bonds is 5. The molecule has 0 saturated heterocycles.